The molecule has 0 N–H and O–H groups in total. The standard InChI is InChI=1S/C9H13ClO3S/c1-2-13-8(12)9(10)4-6-14-5-3-7(9)11/h2-6H2,1H3. The summed E-state index contributed by atoms with van der Waals surface area (Å²) in [7, 11) is 0. The zero-order chi connectivity index (χ0) is 10.6. The van der Waals surface area contributed by atoms with Crippen LogP contribution in [0.1, 0.15) is 19.8 Å². The lowest BCUT2D eigenvalue weighted by Crippen LogP contribution is -2.42. The zero-order valence-electron chi connectivity index (χ0n) is 8.05. The lowest BCUT2D eigenvalue weighted by atomic mass is 9.98. The highest BCUT2D eigenvalue weighted by Gasteiger charge is 2.45. The first-order valence-electron chi connectivity index (χ1n) is 4.58. The van der Waals surface area contributed by atoms with Gasteiger partial charge in [0.15, 0.2) is 10.7 Å². The van der Waals surface area contributed by atoms with Gasteiger partial charge in [-0.2, -0.15) is 11.8 Å². The zero-order valence-corrected chi connectivity index (χ0v) is 9.62. The highest BCUT2D eigenvalue weighted by molar-refractivity contribution is 7.99. The highest BCUT2D eigenvalue weighted by Crippen LogP contribution is 2.30. The van der Waals surface area contributed by atoms with E-state index in [1.807, 2.05) is 0 Å². The summed E-state index contributed by atoms with van der Waals surface area (Å²) in [6.07, 6.45) is 0.726. The van der Waals surface area contributed by atoms with E-state index in [0.29, 0.717) is 12.8 Å². The molecule has 0 spiro atoms. The predicted octanol–water partition coefficient (Wildman–Crippen LogP) is 1.62. The lowest BCUT2D eigenvalue weighted by Gasteiger charge is -2.20. The second kappa shape index (κ2) is 5.03. The van der Waals surface area contributed by atoms with Gasteiger partial charge in [-0.1, -0.05) is 11.6 Å². The fourth-order valence-corrected chi connectivity index (χ4v) is 2.62. The third-order valence-corrected chi connectivity index (χ3v) is 3.64. The Bertz CT molecular complexity index is 244. The molecule has 3 nitrogen and oxygen atoms in total. The van der Waals surface area contributed by atoms with Gasteiger partial charge in [0.1, 0.15) is 0 Å². The minimum Gasteiger partial charge on any atom is -0.464 e. The summed E-state index contributed by atoms with van der Waals surface area (Å²) in [5.41, 5.74) is 0. The van der Waals surface area contributed by atoms with Crippen molar-refractivity contribution < 1.29 is 14.3 Å². The summed E-state index contributed by atoms with van der Waals surface area (Å²) in [6.45, 7) is 1.96. The van der Waals surface area contributed by atoms with Gasteiger partial charge < -0.3 is 4.74 Å². The molecule has 1 aliphatic rings. The van der Waals surface area contributed by atoms with Gasteiger partial charge in [-0.15, -0.1) is 0 Å². The third-order valence-electron chi connectivity index (χ3n) is 2.11. The average molecular weight is 237 g/mol. The van der Waals surface area contributed by atoms with E-state index < -0.39 is 10.8 Å². The summed E-state index contributed by atoms with van der Waals surface area (Å²) in [6, 6.07) is 0. The molecule has 5 heteroatoms. The molecule has 1 heterocycles. The van der Waals surface area contributed by atoms with Crippen LogP contribution in [0.3, 0.4) is 0 Å². The van der Waals surface area contributed by atoms with Crippen LogP contribution < -0.4 is 0 Å². The minimum absolute atomic E-state index is 0.206. The number of hydrogen-bond acceptors (Lipinski definition) is 4. The lowest BCUT2D eigenvalue weighted by molar-refractivity contribution is -0.149. The maximum absolute atomic E-state index is 11.6. The molecular weight excluding hydrogens is 224 g/mol. The second-order valence-corrected chi connectivity index (χ2v) is 4.93. The van der Waals surface area contributed by atoms with Crippen molar-refractivity contribution >= 4 is 35.1 Å². The molecule has 0 radical (unpaired) electrons. The Balaban J connectivity index is 2.76. The fourth-order valence-electron chi connectivity index (χ4n) is 1.28. The Morgan fingerprint density at radius 1 is 1.64 bits per heavy atom. The summed E-state index contributed by atoms with van der Waals surface area (Å²) >= 11 is 7.67. The molecule has 1 saturated heterocycles. The molecule has 0 saturated carbocycles. The van der Waals surface area contributed by atoms with E-state index in [1.165, 1.54) is 0 Å². The van der Waals surface area contributed by atoms with E-state index in [9.17, 15) is 9.59 Å². The quantitative estimate of drug-likeness (QED) is 0.415. The van der Waals surface area contributed by atoms with Gasteiger partial charge >= 0.3 is 5.97 Å². The highest BCUT2D eigenvalue weighted by atomic mass is 35.5. The molecule has 1 fully saturated rings. The van der Waals surface area contributed by atoms with Crippen molar-refractivity contribution in [2.45, 2.75) is 24.6 Å². The Hall–Kier alpha value is -0.220. The molecule has 1 atom stereocenters. The molecule has 80 valence electrons. The first-order valence-corrected chi connectivity index (χ1v) is 6.11. The summed E-state index contributed by atoms with van der Waals surface area (Å²) in [5.74, 6) is 0.678. The van der Waals surface area contributed by atoms with E-state index in [4.69, 9.17) is 16.3 Å². The van der Waals surface area contributed by atoms with Crippen LogP contribution in [-0.2, 0) is 14.3 Å². The van der Waals surface area contributed by atoms with Crippen molar-refractivity contribution in [3.8, 4) is 0 Å². The average Bonchev–Trinajstić information content (AvgIpc) is 2.31. The van der Waals surface area contributed by atoms with Crippen LogP contribution in [0.15, 0.2) is 0 Å². The first kappa shape index (κ1) is 11.9. The van der Waals surface area contributed by atoms with Gasteiger partial charge in [-0.25, -0.2) is 4.79 Å². The number of halogens is 1. The van der Waals surface area contributed by atoms with Crippen molar-refractivity contribution in [2.75, 3.05) is 18.1 Å². The molecule has 0 amide bonds. The van der Waals surface area contributed by atoms with Gasteiger partial charge in [0.2, 0.25) is 0 Å². The van der Waals surface area contributed by atoms with Crippen LogP contribution >= 0.6 is 23.4 Å². The van der Waals surface area contributed by atoms with E-state index in [-0.39, 0.29) is 12.4 Å². The van der Waals surface area contributed by atoms with Crippen LogP contribution in [0, 0.1) is 0 Å². The number of carbonyl (C=O) groups excluding carboxylic acids is 2. The van der Waals surface area contributed by atoms with Crippen LogP contribution in [-0.4, -0.2) is 34.7 Å². The number of carbonyl (C=O) groups is 2. The number of hydrogen-bond donors (Lipinski definition) is 0. The maximum atomic E-state index is 11.6. The van der Waals surface area contributed by atoms with Crippen LogP contribution in [0.2, 0.25) is 0 Å². The Labute approximate surface area is 92.5 Å². The monoisotopic (exact) mass is 236 g/mol. The van der Waals surface area contributed by atoms with Gasteiger partial charge in [0.05, 0.1) is 6.61 Å². The largest absolute Gasteiger partial charge is 0.464 e. The molecule has 0 aliphatic carbocycles. The smallest absolute Gasteiger partial charge is 0.334 e. The second-order valence-electron chi connectivity index (χ2n) is 3.06. The summed E-state index contributed by atoms with van der Waals surface area (Å²) < 4.78 is 4.81. The van der Waals surface area contributed by atoms with Crippen molar-refractivity contribution in [3.63, 3.8) is 0 Å². The number of Topliss-reactive ketones (excluding diaryl/α,β-unsaturated/α-hetero) is 1. The number of ketones is 1. The Morgan fingerprint density at radius 2 is 2.36 bits per heavy atom. The van der Waals surface area contributed by atoms with E-state index in [1.54, 1.807) is 18.7 Å². The van der Waals surface area contributed by atoms with Gasteiger partial charge in [-0.05, 0) is 19.1 Å². The fraction of sp³-hybridized carbons (Fsp3) is 0.778. The molecule has 1 rings (SSSR count). The summed E-state index contributed by atoms with van der Waals surface area (Å²) in [5, 5.41) is 0. The number of thioether (sulfide) groups is 1. The number of rotatable bonds is 2. The Kier molecular flexibility index (Phi) is 4.26. The molecule has 0 aromatic carbocycles. The van der Waals surface area contributed by atoms with Gasteiger partial charge in [0, 0.05) is 12.2 Å². The molecular formula is C9H13ClO3S. The van der Waals surface area contributed by atoms with Gasteiger partial charge in [-0.3, -0.25) is 4.79 Å². The van der Waals surface area contributed by atoms with Crippen LogP contribution in [0.25, 0.3) is 0 Å². The third kappa shape index (κ3) is 2.42. The molecule has 1 unspecified atom stereocenters. The van der Waals surface area contributed by atoms with Gasteiger partial charge in [0.25, 0.3) is 0 Å². The number of alkyl halides is 1. The number of esters is 1. The Morgan fingerprint density at radius 3 is 3.00 bits per heavy atom. The van der Waals surface area contributed by atoms with E-state index in [0.717, 1.165) is 11.5 Å². The molecule has 0 aromatic heterocycles. The predicted molar refractivity (Wildman–Crippen MR) is 56.8 cm³/mol. The molecule has 0 aromatic rings. The number of ether oxygens (including phenoxy) is 1. The molecule has 1 aliphatic heterocycles. The van der Waals surface area contributed by atoms with Crippen molar-refractivity contribution in [1.29, 1.82) is 0 Å². The van der Waals surface area contributed by atoms with Crippen molar-refractivity contribution in [2.24, 2.45) is 0 Å². The maximum Gasteiger partial charge on any atom is 0.334 e. The molecule has 0 bridgehead atoms. The first-order chi connectivity index (χ1) is 6.61. The minimum atomic E-state index is -1.42. The van der Waals surface area contributed by atoms with E-state index in [2.05, 4.69) is 0 Å². The van der Waals surface area contributed by atoms with Crippen LogP contribution in [0.5, 0.6) is 0 Å². The van der Waals surface area contributed by atoms with Crippen LogP contribution in [0.4, 0.5) is 0 Å². The SMILES string of the molecule is CCOC(=O)C1(Cl)CCSCCC1=O. The summed E-state index contributed by atoms with van der Waals surface area (Å²) in [4.78, 5) is 21.7. The topological polar surface area (TPSA) is 43.4 Å². The normalized spacial score (nSPS) is 28.3. The van der Waals surface area contributed by atoms with Crippen molar-refractivity contribution in [3.05, 3.63) is 0 Å². The van der Waals surface area contributed by atoms with E-state index >= 15 is 0 Å². The molecule has 14 heavy (non-hydrogen) atoms. The van der Waals surface area contributed by atoms with Crippen molar-refractivity contribution in [1.82, 2.24) is 0 Å².